The second kappa shape index (κ2) is 5.88. The highest BCUT2D eigenvalue weighted by molar-refractivity contribution is 5.49. The minimum Gasteiger partial charge on any atom is -0.372 e. The molecular formula is C15H25N3O. The zero-order chi connectivity index (χ0) is 13.9. The summed E-state index contributed by atoms with van der Waals surface area (Å²) in [5.74, 6) is 1.09. The summed E-state index contributed by atoms with van der Waals surface area (Å²) in [6.45, 7) is 12.1. The molecule has 0 bridgehead atoms. The fraction of sp³-hybridized carbons (Fsp3) is 0.667. The number of anilines is 1. The Balaban J connectivity index is 2.24. The molecule has 106 valence electrons. The van der Waals surface area contributed by atoms with Gasteiger partial charge < -0.3 is 15.0 Å². The summed E-state index contributed by atoms with van der Waals surface area (Å²) in [4.78, 5) is 6.94. The molecule has 0 spiro atoms. The van der Waals surface area contributed by atoms with Gasteiger partial charge >= 0.3 is 0 Å². The van der Waals surface area contributed by atoms with Crippen molar-refractivity contribution in [3.05, 3.63) is 23.9 Å². The van der Waals surface area contributed by atoms with Gasteiger partial charge in [0.25, 0.3) is 0 Å². The van der Waals surface area contributed by atoms with E-state index >= 15 is 0 Å². The molecule has 1 fully saturated rings. The molecular weight excluding hydrogens is 238 g/mol. The molecule has 0 saturated carbocycles. The Bertz CT molecular complexity index is 420. The summed E-state index contributed by atoms with van der Waals surface area (Å²) < 4.78 is 5.78. The molecule has 1 aromatic heterocycles. The van der Waals surface area contributed by atoms with Gasteiger partial charge in [0.05, 0.1) is 12.2 Å². The molecule has 19 heavy (non-hydrogen) atoms. The van der Waals surface area contributed by atoms with E-state index in [2.05, 4.69) is 49.0 Å². The standard InChI is InChI=1S/C15H25N3O/c1-5-16-12(2)13-7-6-8-17-14(13)18-9-10-19-15(3,4)11-18/h6-8,12,16H,5,9-11H2,1-4H3. The third kappa shape index (κ3) is 3.45. The van der Waals surface area contributed by atoms with Crippen LogP contribution in [0.25, 0.3) is 0 Å². The van der Waals surface area contributed by atoms with Crippen molar-refractivity contribution in [1.29, 1.82) is 0 Å². The molecule has 1 aliphatic rings. The predicted molar refractivity (Wildman–Crippen MR) is 78.6 cm³/mol. The number of ether oxygens (including phenoxy) is 1. The van der Waals surface area contributed by atoms with Crippen LogP contribution >= 0.6 is 0 Å². The van der Waals surface area contributed by atoms with Crippen LogP contribution in [0.15, 0.2) is 18.3 Å². The monoisotopic (exact) mass is 263 g/mol. The van der Waals surface area contributed by atoms with E-state index in [0.717, 1.165) is 32.1 Å². The smallest absolute Gasteiger partial charge is 0.133 e. The molecule has 1 unspecified atom stereocenters. The SMILES string of the molecule is CCNC(C)c1cccnc1N1CCOC(C)(C)C1. The van der Waals surface area contributed by atoms with Crippen molar-refractivity contribution < 1.29 is 4.74 Å². The first kappa shape index (κ1) is 14.3. The molecule has 2 rings (SSSR count). The fourth-order valence-electron chi connectivity index (χ4n) is 2.63. The molecule has 4 nitrogen and oxygen atoms in total. The Morgan fingerprint density at radius 1 is 1.53 bits per heavy atom. The van der Waals surface area contributed by atoms with Crippen molar-refractivity contribution in [3.63, 3.8) is 0 Å². The van der Waals surface area contributed by atoms with Gasteiger partial charge in [0, 0.05) is 30.9 Å². The van der Waals surface area contributed by atoms with E-state index in [1.807, 2.05) is 12.3 Å². The highest BCUT2D eigenvalue weighted by Gasteiger charge is 2.29. The van der Waals surface area contributed by atoms with Crippen LogP contribution in [-0.2, 0) is 4.74 Å². The average Bonchev–Trinajstić information content (AvgIpc) is 2.38. The van der Waals surface area contributed by atoms with E-state index in [1.165, 1.54) is 5.56 Å². The van der Waals surface area contributed by atoms with Gasteiger partial charge in [-0.3, -0.25) is 0 Å². The number of aromatic nitrogens is 1. The lowest BCUT2D eigenvalue weighted by atomic mass is 10.0. The van der Waals surface area contributed by atoms with Crippen molar-refractivity contribution in [2.45, 2.75) is 39.3 Å². The van der Waals surface area contributed by atoms with Gasteiger partial charge in [0.15, 0.2) is 0 Å². The number of nitrogens with zero attached hydrogens (tertiary/aromatic N) is 2. The van der Waals surface area contributed by atoms with Crippen LogP contribution in [0.1, 0.15) is 39.3 Å². The number of hydrogen-bond acceptors (Lipinski definition) is 4. The van der Waals surface area contributed by atoms with Gasteiger partial charge in [-0.25, -0.2) is 4.98 Å². The third-order valence-corrected chi connectivity index (χ3v) is 3.52. The minimum atomic E-state index is -0.103. The molecule has 1 aliphatic heterocycles. The Morgan fingerprint density at radius 3 is 3.00 bits per heavy atom. The quantitative estimate of drug-likeness (QED) is 0.905. The molecule has 1 atom stereocenters. The number of morpholine rings is 1. The zero-order valence-corrected chi connectivity index (χ0v) is 12.4. The second-order valence-corrected chi connectivity index (χ2v) is 5.73. The van der Waals surface area contributed by atoms with E-state index in [9.17, 15) is 0 Å². The third-order valence-electron chi connectivity index (χ3n) is 3.52. The summed E-state index contributed by atoms with van der Waals surface area (Å²) in [5, 5.41) is 3.46. The van der Waals surface area contributed by atoms with Gasteiger partial charge in [-0.15, -0.1) is 0 Å². The maximum absolute atomic E-state index is 5.78. The molecule has 1 aromatic rings. The van der Waals surface area contributed by atoms with Crippen molar-refractivity contribution in [3.8, 4) is 0 Å². The molecule has 4 heteroatoms. The van der Waals surface area contributed by atoms with E-state index in [4.69, 9.17) is 4.74 Å². The predicted octanol–water partition coefficient (Wildman–Crippen LogP) is 2.37. The van der Waals surface area contributed by atoms with Gasteiger partial charge in [0.2, 0.25) is 0 Å². The normalized spacial score (nSPS) is 20.3. The maximum Gasteiger partial charge on any atom is 0.133 e. The summed E-state index contributed by atoms with van der Waals surface area (Å²) in [5.41, 5.74) is 1.16. The molecule has 1 N–H and O–H groups in total. The van der Waals surface area contributed by atoms with Crippen molar-refractivity contribution in [2.24, 2.45) is 0 Å². The minimum absolute atomic E-state index is 0.103. The van der Waals surface area contributed by atoms with E-state index in [-0.39, 0.29) is 5.60 Å². The largest absolute Gasteiger partial charge is 0.372 e. The van der Waals surface area contributed by atoms with E-state index < -0.39 is 0 Å². The van der Waals surface area contributed by atoms with Crippen LogP contribution in [0.5, 0.6) is 0 Å². The number of hydrogen-bond donors (Lipinski definition) is 1. The fourth-order valence-corrected chi connectivity index (χ4v) is 2.63. The molecule has 1 saturated heterocycles. The number of rotatable bonds is 4. The maximum atomic E-state index is 5.78. The van der Waals surface area contributed by atoms with Gasteiger partial charge in [-0.2, -0.15) is 0 Å². The lowest BCUT2D eigenvalue weighted by molar-refractivity contribution is -0.0279. The average molecular weight is 263 g/mol. The number of nitrogens with one attached hydrogen (secondary N) is 1. The lowest BCUT2D eigenvalue weighted by Crippen LogP contribution is -2.49. The topological polar surface area (TPSA) is 37.4 Å². The Kier molecular flexibility index (Phi) is 4.42. The zero-order valence-electron chi connectivity index (χ0n) is 12.4. The van der Waals surface area contributed by atoms with Gasteiger partial charge in [-0.1, -0.05) is 13.0 Å². The number of pyridine rings is 1. The van der Waals surface area contributed by atoms with Crippen molar-refractivity contribution >= 4 is 5.82 Å². The molecule has 0 amide bonds. The van der Waals surface area contributed by atoms with Crippen LogP contribution in [0.4, 0.5) is 5.82 Å². The highest BCUT2D eigenvalue weighted by Crippen LogP contribution is 2.27. The molecule has 0 aromatic carbocycles. The highest BCUT2D eigenvalue weighted by atomic mass is 16.5. The molecule has 0 radical (unpaired) electrons. The first-order valence-electron chi connectivity index (χ1n) is 7.10. The van der Waals surface area contributed by atoms with Crippen LogP contribution < -0.4 is 10.2 Å². The summed E-state index contributed by atoms with van der Waals surface area (Å²) >= 11 is 0. The van der Waals surface area contributed by atoms with Crippen LogP contribution in [-0.4, -0.2) is 36.8 Å². The Labute approximate surface area is 116 Å². The van der Waals surface area contributed by atoms with Crippen LogP contribution in [0, 0.1) is 0 Å². The molecule has 0 aliphatic carbocycles. The van der Waals surface area contributed by atoms with Crippen molar-refractivity contribution in [2.75, 3.05) is 31.1 Å². The van der Waals surface area contributed by atoms with Gasteiger partial charge in [-0.05, 0) is 33.4 Å². The Hall–Kier alpha value is -1.13. The van der Waals surface area contributed by atoms with Crippen LogP contribution in [0.3, 0.4) is 0 Å². The lowest BCUT2D eigenvalue weighted by Gasteiger charge is -2.39. The van der Waals surface area contributed by atoms with Crippen molar-refractivity contribution in [1.82, 2.24) is 10.3 Å². The summed E-state index contributed by atoms with van der Waals surface area (Å²) in [6, 6.07) is 4.50. The molecule has 2 heterocycles. The summed E-state index contributed by atoms with van der Waals surface area (Å²) in [7, 11) is 0. The van der Waals surface area contributed by atoms with Crippen LogP contribution in [0.2, 0.25) is 0 Å². The first-order chi connectivity index (χ1) is 9.03. The second-order valence-electron chi connectivity index (χ2n) is 5.73. The van der Waals surface area contributed by atoms with E-state index in [1.54, 1.807) is 0 Å². The summed E-state index contributed by atoms with van der Waals surface area (Å²) in [6.07, 6.45) is 1.87. The van der Waals surface area contributed by atoms with Gasteiger partial charge in [0.1, 0.15) is 5.82 Å². The Morgan fingerprint density at radius 2 is 2.32 bits per heavy atom. The van der Waals surface area contributed by atoms with E-state index in [0.29, 0.717) is 6.04 Å². The first-order valence-corrected chi connectivity index (χ1v) is 7.10.